The number of hydrogen-bond acceptors (Lipinski definition) is 1. The third-order valence-electron chi connectivity index (χ3n) is 2.86. The Bertz CT molecular complexity index is 121. The van der Waals surface area contributed by atoms with Crippen LogP contribution in [0.25, 0.3) is 0 Å². The smallest absolute Gasteiger partial charge is 0.189 e. The van der Waals surface area contributed by atoms with E-state index in [1.807, 2.05) is 0 Å². The summed E-state index contributed by atoms with van der Waals surface area (Å²) in [4.78, 5) is 0. The lowest BCUT2D eigenvalue weighted by Crippen LogP contribution is -2.34. The molecule has 0 atom stereocenters. The quantitative estimate of drug-likeness (QED) is 0.444. The van der Waals surface area contributed by atoms with E-state index in [-0.39, 0.29) is 0 Å². The van der Waals surface area contributed by atoms with Gasteiger partial charge in [0.1, 0.15) is 0 Å². The zero-order valence-electron chi connectivity index (χ0n) is 10.0. The van der Waals surface area contributed by atoms with Gasteiger partial charge in [-0.1, -0.05) is 40.0 Å². The predicted molar refractivity (Wildman–Crippen MR) is 62.7 cm³/mol. The molecule has 0 aromatic heterocycles. The molecule has 0 spiro atoms. The highest BCUT2D eigenvalue weighted by molar-refractivity contribution is 6.72. The van der Waals surface area contributed by atoms with Crippen LogP contribution in [0.5, 0.6) is 0 Å². The van der Waals surface area contributed by atoms with Crippen LogP contribution in [0, 0.1) is 0 Å². The largest absolute Gasteiger partial charge is 0.417 e. The summed E-state index contributed by atoms with van der Waals surface area (Å²) < 4.78 is 5.98. The summed E-state index contributed by atoms with van der Waals surface area (Å²) in [5, 5.41) is 0. The van der Waals surface area contributed by atoms with E-state index in [1.54, 1.807) is 0 Å². The molecule has 0 aromatic carbocycles. The van der Waals surface area contributed by atoms with Crippen molar-refractivity contribution in [2.24, 2.45) is 0 Å². The van der Waals surface area contributed by atoms with Crippen molar-refractivity contribution in [1.29, 1.82) is 0 Å². The number of unbranched alkanes of at least 4 members (excludes halogenated alkanes) is 3. The maximum absolute atomic E-state index is 5.98. The van der Waals surface area contributed by atoms with Crippen LogP contribution in [-0.2, 0) is 4.43 Å². The van der Waals surface area contributed by atoms with Gasteiger partial charge in [-0.25, -0.2) is 0 Å². The molecule has 0 fully saturated rings. The van der Waals surface area contributed by atoms with E-state index in [0.717, 1.165) is 12.1 Å². The molecule has 0 N–H and O–H groups in total. The molecule has 0 unspecified atom stereocenters. The topological polar surface area (TPSA) is 9.23 Å². The molecule has 0 bridgehead atoms. The standard InChI is InChI=1S/C11H26OSi/c1-6-7-8-9-10-12-13(4,5)11(2)3/h11H,6-10H2,1-5H3. The van der Waals surface area contributed by atoms with Crippen LogP contribution >= 0.6 is 0 Å². The van der Waals surface area contributed by atoms with E-state index in [1.165, 1.54) is 25.7 Å². The van der Waals surface area contributed by atoms with Gasteiger partial charge in [0, 0.05) is 6.61 Å². The summed E-state index contributed by atoms with van der Waals surface area (Å²) in [5.41, 5.74) is 0.735. The highest BCUT2D eigenvalue weighted by atomic mass is 28.4. The lowest BCUT2D eigenvalue weighted by Gasteiger charge is -2.26. The SMILES string of the molecule is CCCCCCO[Si](C)(C)C(C)C. The molecule has 0 amide bonds. The minimum Gasteiger partial charge on any atom is -0.417 e. The Hall–Kier alpha value is 0.177. The molecular formula is C11H26OSi. The molecule has 0 rings (SSSR count). The minimum absolute atomic E-state index is 0.735. The Balaban J connectivity index is 3.41. The molecule has 0 saturated carbocycles. The summed E-state index contributed by atoms with van der Waals surface area (Å²) in [6, 6.07) is 0. The van der Waals surface area contributed by atoms with Gasteiger partial charge in [0.15, 0.2) is 8.32 Å². The highest BCUT2D eigenvalue weighted by Gasteiger charge is 2.26. The van der Waals surface area contributed by atoms with Gasteiger partial charge in [-0.3, -0.25) is 0 Å². The molecular weight excluding hydrogens is 176 g/mol. The molecule has 0 heterocycles. The van der Waals surface area contributed by atoms with Crippen molar-refractivity contribution in [3.63, 3.8) is 0 Å². The third kappa shape index (κ3) is 6.27. The van der Waals surface area contributed by atoms with Gasteiger partial charge in [-0.2, -0.15) is 0 Å². The van der Waals surface area contributed by atoms with Crippen LogP contribution in [0.2, 0.25) is 18.6 Å². The molecule has 0 radical (unpaired) electrons. The second kappa shape index (κ2) is 6.60. The zero-order valence-corrected chi connectivity index (χ0v) is 11.0. The van der Waals surface area contributed by atoms with Crippen molar-refractivity contribution >= 4 is 8.32 Å². The first kappa shape index (κ1) is 13.2. The molecule has 1 nitrogen and oxygen atoms in total. The Labute approximate surface area is 85.0 Å². The molecule has 0 aromatic rings. The first-order valence-electron chi connectivity index (χ1n) is 5.64. The fourth-order valence-electron chi connectivity index (χ4n) is 1.03. The molecule has 2 heteroatoms. The molecule has 13 heavy (non-hydrogen) atoms. The van der Waals surface area contributed by atoms with Crippen LogP contribution in [-0.4, -0.2) is 14.9 Å². The van der Waals surface area contributed by atoms with Crippen LogP contribution in [0.3, 0.4) is 0 Å². The second-order valence-electron chi connectivity index (χ2n) is 4.67. The highest BCUT2D eigenvalue weighted by Crippen LogP contribution is 2.21. The van der Waals surface area contributed by atoms with Crippen molar-refractivity contribution in [1.82, 2.24) is 0 Å². The molecule has 0 saturated heterocycles. The van der Waals surface area contributed by atoms with E-state index in [4.69, 9.17) is 4.43 Å². The van der Waals surface area contributed by atoms with Crippen molar-refractivity contribution < 1.29 is 4.43 Å². The summed E-state index contributed by atoms with van der Waals surface area (Å²) in [5.74, 6) is 0. The summed E-state index contributed by atoms with van der Waals surface area (Å²) in [6.07, 6.45) is 5.24. The van der Waals surface area contributed by atoms with Crippen molar-refractivity contribution in [2.75, 3.05) is 6.61 Å². The number of rotatable bonds is 7. The van der Waals surface area contributed by atoms with Crippen molar-refractivity contribution in [2.45, 2.75) is 65.1 Å². The fraction of sp³-hybridized carbons (Fsp3) is 1.00. The van der Waals surface area contributed by atoms with E-state index in [9.17, 15) is 0 Å². The first-order valence-corrected chi connectivity index (χ1v) is 8.63. The Morgan fingerprint density at radius 1 is 1.08 bits per heavy atom. The second-order valence-corrected chi connectivity index (χ2v) is 9.32. The van der Waals surface area contributed by atoms with Gasteiger partial charge in [0.2, 0.25) is 0 Å². The van der Waals surface area contributed by atoms with Gasteiger partial charge in [0.25, 0.3) is 0 Å². The Morgan fingerprint density at radius 2 is 1.69 bits per heavy atom. The van der Waals surface area contributed by atoms with Crippen LogP contribution < -0.4 is 0 Å². The van der Waals surface area contributed by atoms with Crippen LogP contribution in [0.15, 0.2) is 0 Å². The van der Waals surface area contributed by atoms with Crippen molar-refractivity contribution in [3.8, 4) is 0 Å². The van der Waals surface area contributed by atoms with Crippen LogP contribution in [0.1, 0.15) is 46.5 Å². The normalized spacial score (nSPS) is 12.5. The molecule has 80 valence electrons. The zero-order chi connectivity index (χ0) is 10.3. The molecule has 0 aliphatic carbocycles. The van der Waals surface area contributed by atoms with Gasteiger partial charge < -0.3 is 4.43 Å². The van der Waals surface area contributed by atoms with E-state index in [2.05, 4.69) is 33.9 Å². The first-order chi connectivity index (χ1) is 6.00. The van der Waals surface area contributed by atoms with Crippen LogP contribution in [0.4, 0.5) is 0 Å². The van der Waals surface area contributed by atoms with Gasteiger partial charge in [-0.05, 0) is 25.1 Å². The summed E-state index contributed by atoms with van der Waals surface area (Å²) >= 11 is 0. The lowest BCUT2D eigenvalue weighted by molar-refractivity contribution is 0.289. The van der Waals surface area contributed by atoms with E-state index >= 15 is 0 Å². The fourth-order valence-corrected chi connectivity index (χ4v) is 2.03. The maximum Gasteiger partial charge on any atom is 0.189 e. The molecule has 0 aliphatic heterocycles. The van der Waals surface area contributed by atoms with Gasteiger partial charge in [0.05, 0.1) is 0 Å². The minimum atomic E-state index is -1.34. The van der Waals surface area contributed by atoms with Gasteiger partial charge >= 0.3 is 0 Å². The molecule has 0 aliphatic rings. The Morgan fingerprint density at radius 3 is 2.15 bits per heavy atom. The lowest BCUT2D eigenvalue weighted by atomic mass is 10.2. The predicted octanol–water partition coefficient (Wildman–Crippen LogP) is 4.20. The van der Waals surface area contributed by atoms with E-state index < -0.39 is 8.32 Å². The summed E-state index contributed by atoms with van der Waals surface area (Å²) in [6.45, 7) is 12.4. The van der Waals surface area contributed by atoms with E-state index in [0.29, 0.717) is 0 Å². The van der Waals surface area contributed by atoms with Crippen molar-refractivity contribution in [3.05, 3.63) is 0 Å². The maximum atomic E-state index is 5.98. The average molecular weight is 202 g/mol. The summed E-state index contributed by atoms with van der Waals surface area (Å²) in [7, 11) is -1.34. The average Bonchev–Trinajstić information content (AvgIpc) is 2.03. The number of hydrogen-bond donors (Lipinski definition) is 0. The van der Waals surface area contributed by atoms with Gasteiger partial charge in [-0.15, -0.1) is 0 Å². The third-order valence-corrected chi connectivity index (χ3v) is 6.59. The monoisotopic (exact) mass is 202 g/mol. The Kier molecular flexibility index (Phi) is 6.69.